The van der Waals surface area contributed by atoms with E-state index in [0.29, 0.717) is 12.5 Å². The molecule has 8 heteroatoms. The summed E-state index contributed by atoms with van der Waals surface area (Å²) in [7, 11) is 1.78. The van der Waals surface area contributed by atoms with E-state index < -0.39 is 0 Å². The second-order valence-electron chi connectivity index (χ2n) is 8.23. The van der Waals surface area contributed by atoms with Crippen LogP contribution in [0.25, 0.3) is 10.9 Å². The smallest absolute Gasteiger partial charge is 0.250 e. The van der Waals surface area contributed by atoms with Crippen molar-refractivity contribution in [3.63, 3.8) is 0 Å². The van der Waals surface area contributed by atoms with Gasteiger partial charge in [-0.1, -0.05) is 0 Å². The quantitative estimate of drug-likeness (QED) is 0.622. The lowest BCUT2D eigenvalue weighted by molar-refractivity contribution is 0.139. The van der Waals surface area contributed by atoms with E-state index in [-0.39, 0.29) is 11.7 Å². The first-order valence-electron chi connectivity index (χ1n) is 10.8. The highest BCUT2D eigenvalue weighted by atomic mass is 16.5. The van der Waals surface area contributed by atoms with Crippen LogP contribution in [0.1, 0.15) is 12.0 Å². The Balaban J connectivity index is 1.27. The highest BCUT2D eigenvalue weighted by Gasteiger charge is 2.21. The number of pyridine rings is 1. The van der Waals surface area contributed by atoms with E-state index in [4.69, 9.17) is 9.47 Å². The Morgan fingerprint density at radius 2 is 2.00 bits per heavy atom. The molecule has 2 aliphatic heterocycles. The van der Waals surface area contributed by atoms with Gasteiger partial charge in [-0.15, -0.1) is 0 Å². The largest absolute Gasteiger partial charge is 0.471 e. The zero-order valence-corrected chi connectivity index (χ0v) is 17.7. The van der Waals surface area contributed by atoms with Gasteiger partial charge in [0.1, 0.15) is 12.4 Å². The first-order chi connectivity index (χ1) is 15.2. The lowest BCUT2D eigenvalue weighted by Gasteiger charge is -2.36. The average molecular weight is 422 g/mol. The summed E-state index contributed by atoms with van der Waals surface area (Å²) in [6.45, 7) is 5.90. The minimum atomic E-state index is 0.0386. The van der Waals surface area contributed by atoms with Gasteiger partial charge in [-0.05, 0) is 29.8 Å². The van der Waals surface area contributed by atoms with Crippen molar-refractivity contribution < 1.29 is 9.47 Å². The molecule has 0 N–H and O–H groups in total. The van der Waals surface area contributed by atoms with Crippen molar-refractivity contribution in [1.29, 1.82) is 0 Å². The maximum absolute atomic E-state index is 11.9. The Labute approximate surface area is 181 Å². The third kappa shape index (κ3) is 4.40. The second-order valence-corrected chi connectivity index (χ2v) is 8.23. The van der Waals surface area contributed by atoms with Crippen molar-refractivity contribution in [2.45, 2.75) is 19.1 Å². The van der Waals surface area contributed by atoms with Gasteiger partial charge in [0.15, 0.2) is 0 Å². The number of nitrogens with zero attached hydrogens (tertiary/aromatic N) is 5. The van der Waals surface area contributed by atoms with Gasteiger partial charge in [-0.2, -0.15) is 0 Å². The molecular weight excluding hydrogens is 394 g/mol. The number of aryl methyl sites for hydroxylation is 1. The Morgan fingerprint density at radius 3 is 2.77 bits per heavy atom. The molecule has 2 aromatic heterocycles. The first-order valence-corrected chi connectivity index (χ1v) is 10.8. The van der Waals surface area contributed by atoms with Crippen LogP contribution in [0, 0.1) is 0 Å². The lowest BCUT2D eigenvalue weighted by Crippen LogP contribution is -2.46. The summed E-state index contributed by atoms with van der Waals surface area (Å²) in [6.07, 6.45) is 4.34. The number of fused-ring (bicyclic) bond motifs is 1. The summed E-state index contributed by atoms with van der Waals surface area (Å²) in [6, 6.07) is 10.0. The molecule has 2 saturated heterocycles. The molecule has 2 aliphatic rings. The zero-order chi connectivity index (χ0) is 21.2. The number of hydrogen-bond acceptors (Lipinski definition) is 7. The molecule has 0 aliphatic carbocycles. The minimum absolute atomic E-state index is 0.0386. The number of anilines is 1. The Kier molecular flexibility index (Phi) is 5.57. The zero-order valence-electron chi connectivity index (χ0n) is 17.7. The molecule has 8 nitrogen and oxygen atoms in total. The van der Waals surface area contributed by atoms with E-state index >= 15 is 0 Å². The molecule has 0 amide bonds. The molecule has 4 heterocycles. The minimum Gasteiger partial charge on any atom is -0.471 e. The first kappa shape index (κ1) is 20.0. The van der Waals surface area contributed by atoms with Crippen molar-refractivity contribution in [2.75, 3.05) is 44.3 Å². The third-order valence-electron chi connectivity index (χ3n) is 6.06. The molecule has 2 fully saturated rings. The van der Waals surface area contributed by atoms with Crippen LogP contribution in [0.2, 0.25) is 0 Å². The molecule has 0 bridgehead atoms. The second kappa shape index (κ2) is 8.64. The monoisotopic (exact) mass is 421 g/mol. The fourth-order valence-corrected chi connectivity index (χ4v) is 4.19. The van der Waals surface area contributed by atoms with E-state index in [1.54, 1.807) is 24.0 Å². The standard InChI is InChI=1S/C23H27N5O3/c1-26-6-4-17(12-22(26)29)14-27-7-9-28(10-8-27)18-2-3-21-20(13-18)23(25-16-24-21)31-19-5-11-30-15-19/h2-4,6,12-13,16,19H,5,7-11,14-15H2,1H3. The number of hydrogen-bond donors (Lipinski definition) is 0. The third-order valence-corrected chi connectivity index (χ3v) is 6.06. The number of piperazine rings is 1. The summed E-state index contributed by atoms with van der Waals surface area (Å²) in [5.74, 6) is 0.631. The summed E-state index contributed by atoms with van der Waals surface area (Å²) < 4.78 is 13.1. The number of rotatable bonds is 5. The molecule has 1 aromatic carbocycles. The predicted octanol–water partition coefficient (Wildman–Crippen LogP) is 1.82. The van der Waals surface area contributed by atoms with Crippen LogP contribution < -0.4 is 15.2 Å². The van der Waals surface area contributed by atoms with Crippen molar-refractivity contribution in [3.8, 4) is 5.88 Å². The van der Waals surface area contributed by atoms with Gasteiger partial charge in [0.2, 0.25) is 5.88 Å². The average Bonchev–Trinajstić information content (AvgIpc) is 3.30. The lowest BCUT2D eigenvalue weighted by atomic mass is 10.1. The van der Waals surface area contributed by atoms with Crippen LogP contribution in [0.15, 0.2) is 47.7 Å². The van der Waals surface area contributed by atoms with Crippen molar-refractivity contribution in [2.24, 2.45) is 7.05 Å². The predicted molar refractivity (Wildman–Crippen MR) is 119 cm³/mol. The van der Waals surface area contributed by atoms with E-state index in [0.717, 1.165) is 67.9 Å². The van der Waals surface area contributed by atoms with Crippen LogP contribution in [-0.4, -0.2) is 64.9 Å². The highest BCUT2D eigenvalue weighted by molar-refractivity contribution is 5.86. The summed E-state index contributed by atoms with van der Waals surface area (Å²) in [4.78, 5) is 25.4. The number of aromatic nitrogens is 3. The van der Waals surface area contributed by atoms with Gasteiger partial charge in [0.05, 0.1) is 24.1 Å². The fraction of sp³-hybridized carbons (Fsp3) is 0.435. The SMILES string of the molecule is Cn1ccc(CN2CCN(c3ccc4ncnc(OC5CCOC5)c4c3)CC2)cc1=O. The molecule has 31 heavy (non-hydrogen) atoms. The maximum Gasteiger partial charge on any atom is 0.250 e. The Morgan fingerprint density at radius 1 is 1.13 bits per heavy atom. The summed E-state index contributed by atoms with van der Waals surface area (Å²) >= 11 is 0. The van der Waals surface area contributed by atoms with E-state index in [1.807, 2.05) is 18.3 Å². The van der Waals surface area contributed by atoms with Gasteiger partial charge in [0, 0.05) is 64.1 Å². The van der Waals surface area contributed by atoms with Crippen LogP contribution >= 0.6 is 0 Å². The Bertz CT molecular complexity index is 1120. The van der Waals surface area contributed by atoms with Gasteiger partial charge in [0.25, 0.3) is 5.56 Å². The molecule has 3 aromatic rings. The molecule has 0 spiro atoms. The molecule has 5 rings (SSSR count). The summed E-state index contributed by atoms with van der Waals surface area (Å²) in [5.41, 5.74) is 3.15. The molecule has 162 valence electrons. The van der Waals surface area contributed by atoms with Gasteiger partial charge in [-0.25, -0.2) is 9.97 Å². The van der Waals surface area contributed by atoms with Crippen LogP contribution in [0.5, 0.6) is 5.88 Å². The van der Waals surface area contributed by atoms with Gasteiger partial charge >= 0.3 is 0 Å². The van der Waals surface area contributed by atoms with Gasteiger partial charge in [-0.3, -0.25) is 9.69 Å². The molecular formula is C23H27N5O3. The van der Waals surface area contributed by atoms with Crippen molar-refractivity contribution in [1.82, 2.24) is 19.4 Å². The maximum atomic E-state index is 11.9. The fourth-order valence-electron chi connectivity index (χ4n) is 4.19. The van der Waals surface area contributed by atoms with Gasteiger partial charge < -0.3 is 18.9 Å². The van der Waals surface area contributed by atoms with E-state index in [2.05, 4.69) is 31.9 Å². The number of benzene rings is 1. The summed E-state index contributed by atoms with van der Waals surface area (Å²) in [5, 5.41) is 0.939. The van der Waals surface area contributed by atoms with Crippen LogP contribution in [0.4, 0.5) is 5.69 Å². The molecule has 1 atom stereocenters. The number of ether oxygens (including phenoxy) is 2. The normalized spacial score (nSPS) is 19.8. The van der Waals surface area contributed by atoms with Crippen LogP contribution in [-0.2, 0) is 18.3 Å². The van der Waals surface area contributed by atoms with Crippen molar-refractivity contribution in [3.05, 3.63) is 58.8 Å². The van der Waals surface area contributed by atoms with E-state index in [1.165, 1.54) is 0 Å². The molecule has 0 radical (unpaired) electrons. The Hall–Kier alpha value is -2.97. The van der Waals surface area contributed by atoms with E-state index in [9.17, 15) is 4.79 Å². The molecule has 1 unspecified atom stereocenters. The molecule has 0 saturated carbocycles. The van der Waals surface area contributed by atoms with Crippen molar-refractivity contribution >= 4 is 16.6 Å². The topological polar surface area (TPSA) is 72.7 Å². The van der Waals surface area contributed by atoms with Crippen LogP contribution in [0.3, 0.4) is 0 Å². The highest BCUT2D eigenvalue weighted by Crippen LogP contribution is 2.29.